The summed E-state index contributed by atoms with van der Waals surface area (Å²) in [6.45, 7) is 7.33. The molecule has 0 unspecified atom stereocenters. The highest BCUT2D eigenvalue weighted by Crippen LogP contribution is 1.99. The molecule has 1 heteroatoms. The van der Waals surface area contributed by atoms with Crippen molar-refractivity contribution in [3.8, 4) is 0 Å². The van der Waals surface area contributed by atoms with E-state index in [0.29, 0.717) is 0 Å². The summed E-state index contributed by atoms with van der Waals surface area (Å²) in [4.78, 5) is 0. The van der Waals surface area contributed by atoms with E-state index in [1.807, 2.05) is 13.8 Å². The molecule has 0 saturated carbocycles. The molecular formula is C6H12O. The van der Waals surface area contributed by atoms with Gasteiger partial charge in [0, 0.05) is 0 Å². The zero-order valence-electron chi connectivity index (χ0n) is 4.94. The van der Waals surface area contributed by atoms with Crippen molar-refractivity contribution in [2.45, 2.75) is 26.4 Å². The van der Waals surface area contributed by atoms with Gasteiger partial charge >= 0.3 is 0 Å². The molecule has 0 aliphatic carbocycles. The molecule has 0 saturated heterocycles. The summed E-state index contributed by atoms with van der Waals surface area (Å²) >= 11 is 0. The zero-order chi connectivity index (χ0) is 5.86. The van der Waals surface area contributed by atoms with E-state index in [2.05, 4.69) is 6.58 Å². The predicted octanol–water partition coefficient (Wildman–Crippen LogP) is 1.33. The summed E-state index contributed by atoms with van der Waals surface area (Å²) in [5.74, 6) is 0. The minimum absolute atomic E-state index is 0.292. The highest BCUT2D eigenvalue weighted by atomic mass is 16.3. The van der Waals surface area contributed by atoms with Crippen LogP contribution in [0.1, 0.15) is 20.3 Å². The third-order valence-corrected chi connectivity index (χ3v) is 0.956. The van der Waals surface area contributed by atoms with Gasteiger partial charge in [-0.15, -0.1) is 0 Å². The van der Waals surface area contributed by atoms with Gasteiger partial charge in [0.25, 0.3) is 0 Å². The van der Waals surface area contributed by atoms with E-state index in [1.165, 1.54) is 0 Å². The quantitative estimate of drug-likeness (QED) is 0.519. The van der Waals surface area contributed by atoms with Crippen molar-refractivity contribution in [3.05, 3.63) is 12.2 Å². The maximum atomic E-state index is 8.84. The van der Waals surface area contributed by atoms with Crippen LogP contribution in [-0.4, -0.2) is 11.2 Å². The Hall–Kier alpha value is -0.300. The molecule has 0 amide bonds. The lowest BCUT2D eigenvalue weighted by atomic mass is 10.1. The Morgan fingerprint density at radius 2 is 2.29 bits per heavy atom. The van der Waals surface area contributed by atoms with Crippen molar-refractivity contribution in [1.29, 1.82) is 0 Å². The van der Waals surface area contributed by atoms with Crippen LogP contribution >= 0.6 is 0 Å². The van der Waals surface area contributed by atoms with Crippen LogP contribution in [0.4, 0.5) is 0 Å². The van der Waals surface area contributed by atoms with Gasteiger partial charge in [0.15, 0.2) is 0 Å². The molecule has 0 aliphatic heterocycles. The number of hydrogen-bond donors (Lipinski definition) is 1. The van der Waals surface area contributed by atoms with Crippen LogP contribution in [-0.2, 0) is 0 Å². The Morgan fingerprint density at radius 3 is 2.29 bits per heavy atom. The topological polar surface area (TPSA) is 20.2 Å². The highest BCUT2D eigenvalue weighted by molar-refractivity contribution is 4.95. The van der Waals surface area contributed by atoms with Gasteiger partial charge in [0.1, 0.15) is 0 Å². The summed E-state index contributed by atoms with van der Waals surface area (Å²) in [7, 11) is 0. The van der Waals surface area contributed by atoms with Gasteiger partial charge in [0.05, 0.1) is 6.10 Å². The maximum Gasteiger partial charge on any atom is 0.0742 e. The number of rotatable bonds is 2. The van der Waals surface area contributed by atoms with Crippen molar-refractivity contribution in [1.82, 2.24) is 0 Å². The summed E-state index contributed by atoms with van der Waals surface area (Å²) in [6.07, 6.45) is 0.481. The minimum Gasteiger partial charge on any atom is -0.389 e. The standard InChI is InChI=1S/C6H12O/c1-4-6(7)5(2)3/h6-7H,2,4H2,1,3H3/t6-/m0/s1. The Bertz CT molecular complexity index is 66.6. The normalized spacial score (nSPS) is 13.6. The predicted molar refractivity (Wildman–Crippen MR) is 31.1 cm³/mol. The molecule has 0 aromatic carbocycles. The molecule has 0 bridgehead atoms. The van der Waals surface area contributed by atoms with Crippen LogP contribution in [0.5, 0.6) is 0 Å². The van der Waals surface area contributed by atoms with Crippen molar-refractivity contribution in [2.75, 3.05) is 0 Å². The first kappa shape index (κ1) is 6.70. The summed E-state index contributed by atoms with van der Waals surface area (Å²) < 4.78 is 0. The fraction of sp³-hybridized carbons (Fsp3) is 0.667. The Morgan fingerprint density at radius 1 is 1.86 bits per heavy atom. The average Bonchev–Trinajstić information content (AvgIpc) is 1.65. The van der Waals surface area contributed by atoms with Crippen LogP contribution in [0.25, 0.3) is 0 Å². The van der Waals surface area contributed by atoms with Crippen molar-refractivity contribution in [3.63, 3.8) is 0 Å². The first-order chi connectivity index (χ1) is 3.18. The van der Waals surface area contributed by atoms with E-state index < -0.39 is 0 Å². The molecule has 42 valence electrons. The van der Waals surface area contributed by atoms with Crippen molar-refractivity contribution >= 4 is 0 Å². The van der Waals surface area contributed by atoms with Gasteiger partial charge in [-0.3, -0.25) is 0 Å². The van der Waals surface area contributed by atoms with E-state index in [0.717, 1.165) is 12.0 Å². The van der Waals surface area contributed by atoms with Gasteiger partial charge in [-0.05, 0) is 13.3 Å². The third-order valence-electron chi connectivity index (χ3n) is 0.956. The smallest absolute Gasteiger partial charge is 0.0742 e. The maximum absolute atomic E-state index is 8.84. The molecule has 0 aromatic heterocycles. The van der Waals surface area contributed by atoms with Crippen LogP contribution in [0.2, 0.25) is 0 Å². The molecular weight excluding hydrogens is 88.1 g/mol. The van der Waals surface area contributed by atoms with Gasteiger partial charge in [-0.1, -0.05) is 19.1 Å². The molecule has 1 nitrogen and oxygen atoms in total. The van der Waals surface area contributed by atoms with Crippen molar-refractivity contribution < 1.29 is 5.11 Å². The van der Waals surface area contributed by atoms with Gasteiger partial charge in [-0.25, -0.2) is 0 Å². The third kappa shape index (κ3) is 2.40. The van der Waals surface area contributed by atoms with Crippen LogP contribution in [0.15, 0.2) is 12.2 Å². The lowest BCUT2D eigenvalue weighted by Crippen LogP contribution is -2.03. The van der Waals surface area contributed by atoms with E-state index in [1.54, 1.807) is 0 Å². The van der Waals surface area contributed by atoms with E-state index in [9.17, 15) is 0 Å². The first-order valence-electron chi connectivity index (χ1n) is 2.52. The zero-order valence-corrected chi connectivity index (χ0v) is 4.94. The summed E-state index contributed by atoms with van der Waals surface area (Å²) in [5, 5.41) is 8.84. The second-order valence-electron chi connectivity index (χ2n) is 1.77. The molecule has 1 N–H and O–H groups in total. The van der Waals surface area contributed by atoms with E-state index >= 15 is 0 Å². The van der Waals surface area contributed by atoms with Crippen molar-refractivity contribution in [2.24, 2.45) is 0 Å². The molecule has 0 radical (unpaired) electrons. The largest absolute Gasteiger partial charge is 0.389 e. The number of aliphatic hydroxyl groups is 1. The van der Waals surface area contributed by atoms with E-state index in [4.69, 9.17) is 5.11 Å². The van der Waals surface area contributed by atoms with Gasteiger partial charge in [0.2, 0.25) is 0 Å². The fourth-order valence-electron chi connectivity index (χ4n) is 0.348. The SMILES string of the molecule is C=C(C)[C@@H](O)CC. The molecule has 0 heterocycles. The van der Waals surface area contributed by atoms with Crippen LogP contribution in [0.3, 0.4) is 0 Å². The van der Waals surface area contributed by atoms with E-state index in [-0.39, 0.29) is 6.10 Å². The van der Waals surface area contributed by atoms with Gasteiger partial charge < -0.3 is 5.11 Å². The minimum atomic E-state index is -0.292. The Kier molecular flexibility index (Phi) is 2.68. The first-order valence-corrected chi connectivity index (χ1v) is 2.52. The molecule has 0 fully saturated rings. The Balaban J connectivity index is 3.34. The molecule has 0 rings (SSSR count). The number of aliphatic hydroxyl groups excluding tert-OH is 1. The average molecular weight is 100 g/mol. The lowest BCUT2D eigenvalue weighted by Gasteiger charge is -2.03. The van der Waals surface area contributed by atoms with Gasteiger partial charge in [-0.2, -0.15) is 0 Å². The Labute approximate surface area is 44.7 Å². The second-order valence-corrected chi connectivity index (χ2v) is 1.77. The van der Waals surface area contributed by atoms with Crippen LogP contribution in [0, 0.1) is 0 Å². The highest BCUT2D eigenvalue weighted by Gasteiger charge is 1.96. The number of hydrogen-bond acceptors (Lipinski definition) is 1. The lowest BCUT2D eigenvalue weighted by molar-refractivity contribution is 0.207. The van der Waals surface area contributed by atoms with Crippen LogP contribution < -0.4 is 0 Å². The molecule has 0 spiro atoms. The second kappa shape index (κ2) is 2.80. The summed E-state index contributed by atoms with van der Waals surface area (Å²) in [5.41, 5.74) is 0.850. The molecule has 0 aliphatic rings. The fourth-order valence-corrected chi connectivity index (χ4v) is 0.348. The molecule has 0 aromatic rings. The molecule has 1 atom stereocenters. The monoisotopic (exact) mass is 100 g/mol. The summed E-state index contributed by atoms with van der Waals surface area (Å²) in [6, 6.07) is 0. The molecule has 7 heavy (non-hydrogen) atoms.